The van der Waals surface area contributed by atoms with E-state index in [4.69, 9.17) is 4.74 Å². The number of fused-ring (bicyclic) bond motifs is 2. The summed E-state index contributed by atoms with van der Waals surface area (Å²) in [5.74, 6) is -1.09. The van der Waals surface area contributed by atoms with Crippen LogP contribution in [0, 0.1) is 13.8 Å². The Kier molecular flexibility index (Phi) is 6.66. The second-order valence-corrected chi connectivity index (χ2v) is 11.7. The first-order chi connectivity index (χ1) is 18.1. The van der Waals surface area contributed by atoms with Gasteiger partial charge in [-0.25, -0.2) is 13.1 Å². The summed E-state index contributed by atoms with van der Waals surface area (Å²) in [5.41, 5.74) is 5.79. The van der Waals surface area contributed by atoms with Crippen molar-refractivity contribution in [3.05, 3.63) is 76.6 Å². The normalized spacial score (nSPS) is 17.9. The summed E-state index contributed by atoms with van der Waals surface area (Å²) in [6.07, 6.45) is 2.33. The van der Waals surface area contributed by atoms with Crippen LogP contribution in [0.25, 0.3) is 11.0 Å². The van der Waals surface area contributed by atoms with Crippen LogP contribution in [0.1, 0.15) is 47.1 Å². The number of rotatable bonds is 6. The number of pyridine rings is 1. The first kappa shape index (κ1) is 25.8. The quantitative estimate of drug-likeness (QED) is 0.397. The third-order valence-electron chi connectivity index (χ3n) is 7.11. The van der Waals surface area contributed by atoms with Crippen LogP contribution in [-0.2, 0) is 28.4 Å². The lowest BCUT2D eigenvalue weighted by molar-refractivity contribution is -0.137. The van der Waals surface area contributed by atoms with E-state index in [-0.39, 0.29) is 36.3 Å². The number of carboxylic acids is 1. The third kappa shape index (κ3) is 4.63. The van der Waals surface area contributed by atoms with E-state index >= 15 is 0 Å². The fraction of sp³-hybridized carbons (Fsp3) is 0.333. The average Bonchev–Trinajstić information content (AvgIpc) is 3.21. The van der Waals surface area contributed by atoms with E-state index in [2.05, 4.69) is 15.3 Å². The number of nitrogens with zero attached hydrogens (tertiary/aromatic N) is 5. The number of aromatic nitrogens is 4. The molecule has 1 N–H and O–H groups in total. The van der Waals surface area contributed by atoms with Gasteiger partial charge in [0.05, 0.1) is 24.7 Å². The van der Waals surface area contributed by atoms with E-state index in [0.717, 1.165) is 38.9 Å². The van der Waals surface area contributed by atoms with Gasteiger partial charge < -0.3 is 9.84 Å². The van der Waals surface area contributed by atoms with Crippen molar-refractivity contribution in [1.82, 2.24) is 24.3 Å². The lowest BCUT2D eigenvalue weighted by Gasteiger charge is -2.24. The Morgan fingerprint density at radius 3 is 2.76 bits per heavy atom. The van der Waals surface area contributed by atoms with Crippen molar-refractivity contribution in [2.75, 3.05) is 6.54 Å². The SMILES string of the molecule is Cc1ccc(C(CC(=O)O)c2ccc3c(nnn3C)c2C)cc1CN1C[C@@H](C)Oc2ccncc2S1(=O)=O. The molecule has 0 saturated carbocycles. The van der Waals surface area contributed by atoms with Gasteiger partial charge in [-0.05, 0) is 60.7 Å². The van der Waals surface area contributed by atoms with Gasteiger partial charge in [-0.15, -0.1) is 5.10 Å². The molecule has 1 aliphatic heterocycles. The van der Waals surface area contributed by atoms with Crippen molar-refractivity contribution < 1.29 is 23.1 Å². The van der Waals surface area contributed by atoms with Crippen molar-refractivity contribution in [2.24, 2.45) is 7.05 Å². The molecule has 11 heteroatoms. The highest BCUT2D eigenvalue weighted by atomic mass is 32.2. The number of carboxylic acid groups (broad SMARTS) is 1. The molecule has 0 bridgehead atoms. The van der Waals surface area contributed by atoms with E-state index in [9.17, 15) is 18.3 Å². The molecule has 0 aliphatic carbocycles. The van der Waals surface area contributed by atoms with Gasteiger partial charge in [0.15, 0.2) is 0 Å². The summed E-state index contributed by atoms with van der Waals surface area (Å²) in [5, 5.41) is 18.1. The Bertz CT molecular complexity index is 1650. The molecule has 0 spiro atoms. The van der Waals surface area contributed by atoms with Crippen molar-refractivity contribution in [1.29, 1.82) is 0 Å². The molecular weight excluding hydrogens is 506 g/mol. The number of hydrogen-bond donors (Lipinski definition) is 1. The third-order valence-corrected chi connectivity index (χ3v) is 8.93. The summed E-state index contributed by atoms with van der Waals surface area (Å²) >= 11 is 0. The first-order valence-electron chi connectivity index (χ1n) is 12.3. The molecule has 0 radical (unpaired) electrons. The molecular formula is C27H29N5O5S. The van der Waals surface area contributed by atoms with Crippen molar-refractivity contribution in [3.8, 4) is 5.75 Å². The maximum absolute atomic E-state index is 13.6. The lowest BCUT2D eigenvalue weighted by Crippen LogP contribution is -2.35. The van der Waals surface area contributed by atoms with Crippen LogP contribution in [-0.4, -0.2) is 56.4 Å². The zero-order valence-corrected chi connectivity index (χ0v) is 22.4. The second kappa shape index (κ2) is 9.80. The standard InChI is InChI=1S/C27H29N5O5S/c1-16-5-6-19(22(12-26(33)34)21-7-8-23-27(18(21)3)29-30-31(23)4)11-20(16)15-32-14-17(2)37-24-9-10-28-13-25(24)38(32,35)36/h5-11,13,17,22H,12,14-15H2,1-4H3,(H,33,34)/t17-,22?/m1/s1. The second-order valence-electron chi connectivity index (χ2n) is 9.75. The van der Waals surface area contributed by atoms with E-state index in [1.165, 1.54) is 16.7 Å². The smallest absolute Gasteiger partial charge is 0.304 e. The maximum Gasteiger partial charge on any atom is 0.304 e. The molecule has 4 aromatic rings. The van der Waals surface area contributed by atoms with Gasteiger partial charge in [0.2, 0.25) is 10.0 Å². The van der Waals surface area contributed by atoms with Crippen LogP contribution < -0.4 is 4.74 Å². The lowest BCUT2D eigenvalue weighted by atomic mass is 9.84. The molecule has 1 aliphatic rings. The monoisotopic (exact) mass is 535 g/mol. The van der Waals surface area contributed by atoms with Crippen molar-refractivity contribution in [2.45, 2.75) is 50.7 Å². The van der Waals surface area contributed by atoms with Gasteiger partial charge in [-0.3, -0.25) is 9.78 Å². The topological polar surface area (TPSA) is 128 Å². The summed E-state index contributed by atoms with van der Waals surface area (Å²) in [6.45, 7) is 5.96. The van der Waals surface area contributed by atoms with Crippen LogP contribution in [0.3, 0.4) is 0 Å². The fourth-order valence-electron chi connectivity index (χ4n) is 5.06. The van der Waals surface area contributed by atoms with E-state index < -0.39 is 21.9 Å². The van der Waals surface area contributed by atoms with Gasteiger partial charge in [-0.2, -0.15) is 4.31 Å². The predicted molar refractivity (Wildman–Crippen MR) is 140 cm³/mol. The zero-order chi connectivity index (χ0) is 27.2. The molecule has 0 saturated heterocycles. The summed E-state index contributed by atoms with van der Waals surface area (Å²) in [4.78, 5) is 16.0. The Balaban J connectivity index is 1.56. The van der Waals surface area contributed by atoms with E-state index in [0.29, 0.717) is 0 Å². The molecule has 198 valence electrons. The molecule has 2 aromatic carbocycles. The molecule has 0 amide bonds. The van der Waals surface area contributed by atoms with Gasteiger partial charge >= 0.3 is 5.97 Å². The van der Waals surface area contributed by atoms with Crippen LogP contribution in [0.2, 0.25) is 0 Å². The highest BCUT2D eigenvalue weighted by Gasteiger charge is 2.34. The number of aliphatic carboxylic acids is 1. The van der Waals surface area contributed by atoms with Crippen LogP contribution in [0.15, 0.2) is 53.7 Å². The Hall–Kier alpha value is -3.83. The Morgan fingerprint density at radius 1 is 1.21 bits per heavy atom. The summed E-state index contributed by atoms with van der Waals surface area (Å²) in [6, 6.07) is 11.1. The molecule has 0 fully saturated rings. The Labute approximate surface area is 220 Å². The number of hydrogen-bond acceptors (Lipinski definition) is 7. The minimum atomic E-state index is -3.87. The summed E-state index contributed by atoms with van der Waals surface area (Å²) in [7, 11) is -2.05. The minimum absolute atomic E-state index is 0.0369. The number of carbonyl (C=O) groups is 1. The number of benzene rings is 2. The van der Waals surface area contributed by atoms with Gasteiger partial charge in [0.1, 0.15) is 22.3 Å². The highest BCUT2D eigenvalue weighted by molar-refractivity contribution is 7.89. The van der Waals surface area contributed by atoms with Gasteiger partial charge in [-0.1, -0.05) is 29.5 Å². The van der Waals surface area contributed by atoms with Crippen LogP contribution >= 0.6 is 0 Å². The fourth-order valence-corrected chi connectivity index (χ4v) is 6.62. The van der Waals surface area contributed by atoms with E-state index in [1.807, 2.05) is 58.2 Å². The zero-order valence-electron chi connectivity index (χ0n) is 21.6. The van der Waals surface area contributed by atoms with Gasteiger partial charge in [0.25, 0.3) is 0 Å². The van der Waals surface area contributed by atoms with Crippen molar-refractivity contribution in [3.63, 3.8) is 0 Å². The average molecular weight is 536 g/mol. The molecule has 3 heterocycles. The molecule has 5 rings (SSSR count). The molecule has 2 atom stereocenters. The predicted octanol–water partition coefficient (Wildman–Crippen LogP) is 3.56. The Morgan fingerprint density at radius 2 is 2.00 bits per heavy atom. The first-order valence-corrected chi connectivity index (χ1v) is 13.7. The summed E-state index contributed by atoms with van der Waals surface area (Å²) < 4.78 is 36.1. The maximum atomic E-state index is 13.6. The molecule has 10 nitrogen and oxygen atoms in total. The number of aryl methyl sites for hydroxylation is 3. The highest BCUT2D eigenvalue weighted by Crippen LogP contribution is 2.35. The minimum Gasteiger partial charge on any atom is -0.488 e. The van der Waals surface area contributed by atoms with Crippen molar-refractivity contribution >= 4 is 27.0 Å². The molecule has 1 unspecified atom stereocenters. The van der Waals surface area contributed by atoms with E-state index in [1.54, 1.807) is 10.7 Å². The van der Waals surface area contributed by atoms with Crippen LogP contribution in [0.5, 0.6) is 5.75 Å². The molecule has 38 heavy (non-hydrogen) atoms. The molecule has 2 aromatic heterocycles. The van der Waals surface area contributed by atoms with Gasteiger partial charge in [0, 0.05) is 25.7 Å². The number of ether oxygens (including phenoxy) is 1. The number of sulfonamides is 1. The van der Waals surface area contributed by atoms with Crippen LogP contribution in [0.4, 0.5) is 0 Å². The largest absolute Gasteiger partial charge is 0.488 e.